The van der Waals surface area contributed by atoms with Crippen molar-refractivity contribution in [3.63, 3.8) is 0 Å². The van der Waals surface area contributed by atoms with Crippen LogP contribution in [0, 0.1) is 0 Å². The molecule has 10 nitrogen and oxygen atoms in total. The molecular weight excluding hydrogens is 496 g/mol. The van der Waals surface area contributed by atoms with Crippen LogP contribution < -0.4 is 14.4 Å². The van der Waals surface area contributed by atoms with Crippen molar-refractivity contribution in [2.45, 2.75) is 6.42 Å². The second-order valence-corrected chi connectivity index (χ2v) is 9.85. The molecule has 2 aliphatic heterocycles. The van der Waals surface area contributed by atoms with Crippen LogP contribution in [0.1, 0.15) is 26.4 Å². The number of nitrogens with zero attached hydrogens (tertiary/aromatic N) is 6. The van der Waals surface area contributed by atoms with E-state index in [1.54, 1.807) is 35.9 Å². The Morgan fingerprint density at radius 3 is 2.41 bits per heavy atom. The van der Waals surface area contributed by atoms with Gasteiger partial charge in [-0.3, -0.25) is 9.59 Å². The van der Waals surface area contributed by atoms with Crippen molar-refractivity contribution in [1.29, 1.82) is 0 Å². The number of rotatable bonds is 5. The number of anilines is 1. The van der Waals surface area contributed by atoms with E-state index in [-0.39, 0.29) is 11.8 Å². The highest BCUT2D eigenvalue weighted by molar-refractivity contribution is 6.07. The number of likely N-dealkylation sites (N-methyl/N-ethyl adjacent to an activating group) is 1. The minimum atomic E-state index is -0.198. The van der Waals surface area contributed by atoms with Crippen molar-refractivity contribution in [3.8, 4) is 22.8 Å². The van der Waals surface area contributed by atoms with E-state index in [0.29, 0.717) is 41.4 Å². The van der Waals surface area contributed by atoms with E-state index in [0.717, 1.165) is 48.7 Å². The predicted octanol–water partition coefficient (Wildman–Crippen LogP) is 3.00. The molecule has 6 rings (SSSR count). The van der Waals surface area contributed by atoms with Gasteiger partial charge in [0.2, 0.25) is 0 Å². The summed E-state index contributed by atoms with van der Waals surface area (Å²) in [6, 6.07) is 14.8. The molecule has 0 atom stereocenters. The Balaban J connectivity index is 1.27. The predicted molar refractivity (Wildman–Crippen MR) is 147 cm³/mol. The summed E-state index contributed by atoms with van der Waals surface area (Å²) < 4.78 is 12.5. The lowest BCUT2D eigenvalue weighted by atomic mass is 10.1. The first-order chi connectivity index (χ1) is 19.0. The summed E-state index contributed by atoms with van der Waals surface area (Å²) in [5, 5.41) is 4.64. The quantitative estimate of drug-likeness (QED) is 0.395. The molecule has 0 unspecified atom stereocenters. The number of benzene rings is 2. The van der Waals surface area contributed by atoms with Gasteiger partial charge >= 0.3 is 0 Å². The lowest BCUT2D eigenvalue weighted by Crippen LogP contribution is -2.47. The van der Waals surface area contributed by atoms with Crippen molar-refractivity contribution < 1.29 is 19.1 Å². The molecule has 200 valence electrons. The van der Waals surface area contributed by atoms with Crippen LogP contribution in [-0.2, 0) is 6.42 Å². The number of hydrogen-bond donors (Lipinski definition) is 0. The van der Waals surface area contributed by atoms with E-state index in [9.17, 15) is 9.59 Å². The Hall–Kier alpha value is -4.44. The van der Waals surface area contributed by atoms with Crippen LogP contribution in [0.2, 0.25) is 0 Å². The minimum absolute atomic E-state index is 0.0461. The topological polar surface area (TPSA) is 92.5 Å². The van der Waals surface area contributed by atoms with Gasteiger partial charge in [-0.25, -0.2) is 9.50 Å². The Bertz CT molecular complexity index is 1570. The van der Waals surface area contributed by atoms with Crippen LogP contribution in [0.5, 0.6) is 11.5 Å². The third-order valence-corrected chi connectivity index (χ3v) is 7.51. The van der Waals surface area contributed by atoms with Crippen LogP contribution >= 0.6 is 0 Å². The molecule has 0 N–H and O–H groups in total. The Morgan fingerprint density at radius 1 is 0.846 bits per heavy atom. The number of aromatic nitrogens is 3. The van der Waals surface area contributed by atoms with Crippen molar-refractivity contribution in [1.82, 2.24) is 24.4 Å². The van der Waals surface area contributed by atoms with E-state index in [4.69, 9.17) is 9.47 Å². The number of ether oxygens (including phenoxy) is 2. The molecule has 0 bridgehead atoms. The maximum atomic E-state index is 13.6. The lowest BCUT2D eigenvalue weighted by Gasteiger charge is -2.32. The highest BCUT2D eigenvalue weighted by Crippen LogP contribution is 2.33. The summed E-state index contributed by atoms with van der Waals surface area (Å²) in [6.07, 6.45) is 2.38. The zero-order chi connectivity index (χ0) is 27.1. The molecule has 0 saturated carbocycles. The van der Waals surface area contributed by atoms with Gasteiger partial charge in [0.15, 0.2) is 22.8 Å². The number of fused-ring (bicyclic) bond motifs is 2. The Labute approximate surface area is 226 Å². The van der Waals surface area contributed by atoms with Crippen molar-refractivity contribution in [2.24, 2.45) is 0 Å². The van der Waals surface area contributed by atoms with Gasteiger partial charge in [-0.2, -0.15) is 5.10 Å². The summed E-state index contributed by atoms with van der Waals surface area (Å²) in [5.74, 6) is 1.08. The van der Waals surface area contributed by atoms with E-state index >= 15 is 0 Å². The monoisotopic (exact) mass is 526 g/mol. The van der Waals surface area contributed by atoms with Gasteiger partial charge in [0.05, 0.1) is 19.9 Å². The Kier molecular flexibility index (Phi) is 6.40. The van der Waals surface area contributed by atoms with Crippen molar-refractivity contribution in [2.75, 3.05) is 58.9 Å². The van der Waals surface area contributed by atoms with Gasteiger partial charge in [0, 0.05) is 61.8 Å². The number of hydrogen-bond acceptors (Lipinski definition) is 7. The first-order valence-corrected chi connectivity index (χ1v) is 13.0. The SMILES string of the molecule is COc1ccc(-c2ccnc3cc(C(=O)N4CCc5cc(C(=O)N6CCN(C)CC6)ccc54)nn23)cc1OC. The summed E-state index contributed by atoms with van der Waals surface area (Å²) in [5.41, 5.74) is 4.99. The standard InChI is InChI=1S/C29H30N6O4/c1-32-12-14-33(15-13-32)28(36)21-4-6-23-20(16-21)9-11-34(23)29(37)22-18-27-30-10-8-24(35(27)31-22)19-5-7-25(38-2)26(17-19)39-3/h4-8,10,16-18H,9,11-15H2,1-3H3. The number of carbonyl (C=O) groups excluding carboxylic acids is 2. The molecule has 2 aliphatic rings. The molecular formula is C29H30N6O4. The number of amides is 2. The van der Waals surface area contributed by atoms with E-state index in [1.807, 2.05) is 47.4 Å². The second-order valence-electron chi connectivity index (χ2n) is 9.85. The lowest BCUT2D eigenvalue weighted by molar-refractivity contribution is 0.0664. The van der Waals surface area contributed by atoms with E-state index in [2.05, 4.69) is 22.0 Å². The molecule has 0 spiro atoms. The van der Waals surface area contributed by atoms with E-state index < -0.39 is 0 Å². The second kappa shape index (κ2) is 10.0. The fraction of sp³-hybridized carbons (Fsp3) is 0.310. The van der Waals surface area contributed by atoms with Crippen LogP contribution in [0.3, 0.4) is 0 Å². The summed E-state index contributed by atoms with van der Waals surface area (Å²) >= 11 is 0. The first-order valence-electron chi connectivity index (χ1n) is 13.0. The van der Waals surface area contributed by atoms with Gasteiger partial charge in [-0.15, -0.1) is 0 Å². The molecule has 2 amide bonds. The molecule has 4 aromatic rings. The van der Waals surface area contributed by atoms with Gasteiger partial charge in [-0.1, -0.05) is 0 Å². The molecule has 39 heavy (non-hydrogen) atoms. The first kappa shape index (κ1) is 24.9. The highest BCUT2D eigenvalue weighted by atomic mass is 16.5. The molecule has 1 saturated heterocycles. The maximum absolute atomic E-state index is 13.6. The summed E-state index contributed by atoms with van der Waals surface area (Å²) in [7, 11) is 5.25. The number of piperazine rings is 1. The van der Waals surface area contributed by atoms with Gasteiger partial charge in [0.25, 0.3) is 11.8 Å². The smallest absolute Gasteiger partial charge is 0.278 e. The van der Waals surface area contributed by atoms with Crippen LogP contribution in [0.15, 0.2) is 54.7 Å². The van der Waals surface area contributed by atoms with Gasteiger partial charge in [-0.05, 0) is 61.5 Å². The minimum Gasteiger partial charge on any atom is -0.493 e. The summed E-state index contributed by atoms with van der Waals surface area (Å²) in [4.78, 5) is 37.0. The van der Waals surface area contributed by atoms with Crippen molar-refractivity contribution in [3.05, 3.63) is 71.5 Å². The molecule has 10 heteroatoms. The zero-order valence-corrected chi connectivity index (χ0v) is 22.3. The molecule has 2 aromatic heterocycles. The zero-order valence-electron chi connectivity index (χ0n) is 22.3. The maximum Gasteiger partial charge on any atom is 0.278 e. The molecule has 4 heterocycles. The molecule has 2 aromatic carbocycles. The number of methoxy groups -OCH3 is 2. The number of carbonyl (C=O) groups is 2. The van der Waals surface area contributed by atoms with Crippen LogP contribution in [-0.4, -0.2) is 90.2 Å². The van der Waals surface area contributed by atoms with Crippen molar-refractivity contribution >= 4 is 23.1 Å². The fourth-order valence-corrected chi connectivity index (χ4v) is 5.29. The molecule has 0 radical (unpaired) electrons. The van der Waals surface area contributed by atoms with Gasteiger partial charge < -0.3 is 24.2 Å². The summed E-state index contributed by atoms with van der Waals surface area (Å²) in [6.45, 7) is 3.74. The molecule has 0 aliphatic carbocycles. The third-order valence-electron chi connectivity index (χ3n) is 7.51. The highest BCUT2D eigenvalue weighted by Gasteiger charge is 2.29. The Morgan fingerprint density at radius 2 is 1.64 bits per heavy atom. The van der Waals surface area contributed by atoms with Crippen LogP contribution in [0.4, 0.5) is 5.69 Å². The fourth-order valence-electron chi connectivity index (χ4n) is 5.29. The van der Waals surface area contributed by atoms with Gasteiger partial charge in [0.1, 0.15) is 0 Å². The molecule has 1 fully saturated rings. The van der Waals surface area contributed by atoms with Crippen LogP contribution in [0.25, 0.3) is 16.9 Å². The normalized spacial score (nSPS) is 15.5. The average molecular weight is 527 g/mol. The van der Waals surface area contributed by atoms with E-state index in [1.165, 1.54) is 0 Å². The average Bonchev–Trinajstić information content (AvgIpc) is 3.60. The largest absolute Gasteiger partial charge is 0.493 e. The third kappa shape index (κ3) is 4.46.